The maximum absolute atomic E-state index is 14.0. The molecule has 0 radical (unpaired) electrons. The molecule has 1 amide bonds. The van der Waals surface area contributed by atoms with E-state index in [4.69, 9.17) is 27.9 Å². The molecule has 0 spiro atoms. The molecule has 1 aromatic heterocycles. The number of ether oxygens (including phenoxy) is 1. The van der Waals surface area contributed by atoms with Crippen LogP contribution in [0.5, 0.6) is 5.75 Å². The zero-order valence-electron chi connectivity index (χ0n) is 27.0. The Morgan fingerprint density at radius 1 is 1.15 bits per heavy atom. The summed E-state index contributed by atoms with van der Waals surface area (Å²) in [5.41, 5.74) is 2.33. The van der Waals surface area contributed by atoms with Gasteiger partial charge in [0.05, 0.1) is 28.6 Å². The lowest BCUT2D eigenvalue weighted by molar-refractivity contribution is -0.124. The van der Waals surface area contributed by atoms with E-state index in [1.54, 1.807) is 11.0 Å². The van der Waals surface area contributed by atoms with Crippen LogP contribution in [0.3, 0.4) is 0 Å². The summed E-state index contributed by atoms with van der Waals surface area (Å²) < 4.78 is 37.3. The lowest BCUT2D eigenvalue weighted by Crippen LogP contribution is -2.47. The predicted octanol–water partition coefficient (Wildman–Crippen LogP) is 4.23. The highest BCUT2D eigenvalue weighted by Crippen LogP contribution is 2.42. The molecule has 258 valence electrons. The Labute approximate surface area is 291 Å². The fraction of sp³-hybridized carbons (Fsp3) is 0.485. The Balaban J connectivity index is 1.18. The fourth-order valence-electron chi connectivity index (χ4n) is 6.69. The number of nitrogens with one attached hydrogen (secondary N) is 2. The largest absolute Gasteiger partial charge is 0.487 e. The average molecular weight is 719 g/mol. The number of amides is 1. The van der Waals surface area contributed by atoms with E-state index >= 15 is 0 Å². The van der Waals surface area contributed by atoms with Crippen molar-refractivity contribution in [2.75, 3.05) is 44.6 Å². The van der Waals surface area contributed by atoms with Crippen molar-refractivity contribution in [3.05, 3.63) is 70.2 Å². The van der Waals surface area contributed by atoms with Gasteiger partial charge in [0.25, 0.3) is 0 Å². The van der Waals surface area contributed by atoms with Crippen molar-refractivity contribution in [3.8, 4) is 5.75 Å². The minimum atomic E-state index is -4.14. The molecule has 0 saturated carbocycles. The molecule has 3 N–H and O–H groups in total. The number of hydrogen-bond donors (Lipinski definition) is 3. The van der Waals surface area contributed by atoms with Crippen LogP contribution >= 0.6 is 23.2 Å². The van der Waals surface area contributed by atoms with Gasteiger partial charge >= 0.3 is 0 Å². The number of benzene rings is 2. The SMILES string of the molecule is CC1(C)C=C(n2cncn2)c2cccc(OCc3c(Cl)ccc(S(=O)(=O)N4CCC[C@H]4C(=O)NCC4CCN(CCO)CC4)c3Cl)c2N1. The Morgan fingerprint density at radius 3 is 2.67 bits per heavy atom. The van der Waals surface area contributed by atoms with Crippen molar-refractivity contribution in [3.63, 3.8) is 0 Å². The topological polar surface area (TPSA) is 142 Å². The minimum absolute atomic E-state index is 0.0375. The number of fused-ring (bicyclic) bond motifs is 1. The number of para-hydroxylation sites is 1. The van der Waals surface area contributed by atoms with E-state index in [-0.39, 0.29) is 40.6 Å². The third kappa shape index (κ3) is 7.22. The van der Waals surface area contributed by atoms with Gasteiger partial charge in [-0.15, -0.1) is 0 Å². The smallest absolute Gasteiger partial charge is 0.245 e. The van der Waals surface area contributed by atoms with Gasteiger partial charge in [-0.1, -0.05) is 35.3 Å². The second-order valence-electron chi connectivity index (χ2n) is 13.0. The molecular formula is C33H41Cl2N7O5S. The van der Waals surface area contributed by atoms with Gasteiger partial charge in [0.1, 0.15) is 35.9 Å². The van der Waals surface area contributed by atoms with E-state index in [0.29, 0.717) is 43.2 Å². The zero-order valence-corrected chi connectivity index (χ0v) is 29.4. The van der Waals surface area contributed by atoms with Crippen LogP contribution in [0.15, 0.2) is 54.0 Å². The van der Waals surface area contributed by atoms with Gasteiger partial charge < -0.3 is 25.4 Å². The summed E-state index contributed by atoms with van der Waals surface area (Å²) in [5, 5.41) is 20.2. The first-order valence-corrected chi connectivity index (χ1v) is 18.4. The standard InChI is InChI=1S/C33H41Cl2N7O5S/c1-33(2)17-27(41-21-36-20-38-41)23-5-3-7-28(31(23)39-33)47-19-24-25(34)8-9-29(30(24)35)48(45,46)42-12-4-6-26(42)32(44)37-18-22-10-13-40(14-11-22)15-16-43/h3,5,7-9,17,20-22,26,39,43H,4,6,10-16,18-19H2,1-2H3,(H,37,44)/t26-/m0/s1. The Hall–Kier alpha value is -3.20. The summed E-state index contributed by atoms with van der Waals surface area (Å²) >= 11 is 13.4. The highest BCUT2D eigenvalue weighted by atomic mass is 35.5. The van der Waals surface area contributed by atoms with Crippen LogP contribution in [-0.2, 0) is 21.4 Å². The summed E-state index contributed by atoms with van der Waals surface area (Å²) in [6, 6.07) is 7.70. The summed E-state index contributed by atoms with van der Waals surface area (Å²) in [6.07, 6.45) is 7.99. The first-order valence-electron chi connectivity index (χ1n) is 16.2. The Morgan fingerprint density at radius 2 is 1.94 bits per heavy atom. The van der Waals surface area contributed by atoms with Gasteiger partial charge in [0.15, 0.2) is 0 Å². The van der Waals surface area contributed by atoms with Gasteiger partial charge in [0, 0.05) is 35.8 Å². The third-order valence-corrected chi connectivity index (χ3v) is 12.1. The van der Waals surface area contributed by atoms with E-state index in [1.807, 2.05) is 32.0 Å². The number of halogens is 2. The van der Waals surface area contributed by atoms with Crippen molar-refractivity contribution in [2.24, 2.45) is 5.92 Å². The maximum Gasteiger partial charge on any atom is 0.245 e. The van der Waals surface area contributed by atoms with E-state index in [2.05, 4.69) is 31.7 Å². The molecule has 48 heavy (non-hydrogen) atoms. The second-order valence-corrected chi connectivity index (χ2v) is 15.7. The van der Waals surface area contributed by atoms with E-state index in [1.165, 1.54) is 22.8 Å². The summed E-state index contributed by atoms with van der Waals surface area (Å²) in [4.78, 5) is 19.5. The number of aromatic nitrogens is 3. The van der Waals surface area contributed by atoms with Crippen LogP contribution in [0.25, 0.3) is 5.70 Å². The first kappa shape index (κ1) is 34.7. The molecule has 3 aromatic rings. The number of piperidine rings is 1. The minimum Gasteiger partial charge on any atom is -0.487 e. The number of carbonyl (C=O) groups excluding carboxylic acids is 1. The summed E-state index contributed by atoms with van der Waals surface area (Å²) in [6.45, 7) is 7.19. The number of hydrogen-bond acceptors (Lipinski definition) is 9. The fourth-order valence-corrected chi connectivity index (χ4v) is 9.21. The number of nitrogens with zero attached hydrogens (tertiary/aromatic N) is 5. The highest BCUT2D eigenvalue weighted by molar-refractivity contribution is 7.89. The van der Waals surface area contributed by atoms with Crippen LogP contribution < -0.4 is 15.4 Å². The number of β-amino-alcohol motifs (C(OH)–C–C–N with tert-alkyl or cyclic N) is 1. The molecule has 2 aromatic carbocycles. The monoisotopic (exact) mass is 717 g/mol. The van der Waals surface area contributed by atoms with Crippen molar-refractivity contribution in [2.45, 2.75) is 62.6 Å². The van der Waals surface area contributed by atoms with Crippen LogP contribution in [-0.4, -0.2) is 94.3 Å². The van der Waals surface area contributed by atoms with Gasteiger partial charge in [-0.3, -0.25) is 4.79 Å². The van der Waals surface area contributed by atoms with Gasteiger partial charge in [-0.25, -0.2) is 18.1 Å². The summed E-state index contributed by atoms with van der Waals surface area (Å²) in [5.74, 6) is 0.540. The molecule has 0 aliphatic carbocycles. The Bertz CT molecular complexity index is 1780. The van der Waals surface area contributed by atoms with E-state index in [9.17, 15) is 18.3 Å². The molecule has 0 bridgehead atoms. The van der Waals surface area contributed by atoms with Gasteiger partial charge in [0.2, 0.25) is 15.9 Å². The van der Waals surface area contributed by atoms with Crippen LogP contribution in [0.1, 0.15) is 50.7 Å². The molecule has 3 aliphatic rings. The molecule has 15 heteroatoms. The number of anilines is 1. The predicted molar refractivity (Wildman–Crippen MR) is 185 cm³/mol. The molecule has 2 fully saturated rings. The van der Waals surface area contributed by atoms with Gasteiger partial charge in [-0.2, -0.15) is 9.40 Å². The maximum atomic E-state index is 14.0. The molecule has 12 nitrogen and oxygen atoms in total. The van der Waals surface area contributed by atoms with Crippen molar-refractivity contribution >= 4 is 50.5 Å². The highest BCUT2D eigenvalue weighted by Gasteiger charge is 2.41. The van der Waals surface area contributed by atoms with E-state index < -0.39 is 21.6 Å². The van der Waals surface area contributed by atoms with Crippen molar-refractivity contribution in [1.29, 1.82) is 0 Å². The molecule has 6 rings (SSSR count). The Kier molecular flexibility index (Phi) is 10.4. The molecule has 3 aliphatic heterocycles. The van der Waals surface area contributed by atoms with Crippen LogP contribution in [0.4, 0.5) is 5.69 Å². The number of aliphatic hydroxyl groups excluding tert-OH is 1. The zero-order chi connectivity index (χ0) is 34.1. The molecule has 4 heterocycles. The first-order chi connectivity index (χ1) is 23.0. The van der Waals surface area contributed by atoms with E-state index in [0.717, 1.165) is 42.9 Å². The molecule has 2 saturated heterocycles. The number of rotatable bonds is 11. The average Bonchev–Trinajstić information content (AvgIpc) is 3.78. The molecule has 0 unspecified atom stereocenters. The normalized spacial score (nSPS) is 20.2. The van der Waals surface area contributed by atoms with Crippen molar-refractivity contribution < 1.29 is 23.1 Å². The molecule has 1 atom stereocenters. The number of likely N-dealkylation sites (tertiary alicyclic amines) is 1. The van der Waals surface area contributed by atoms with Gasteiger partial charge in [-0.05, 0) is 82.8 Å². The molecular weight excluding hydrogens is 677 g/mol. The quantitative estimate of drug-likeness (QED) is 0.266. The van der Waals surface area contributed by atoms with Crippen LogP contribution in [0, 0.1) is 5.92 Å². The number of carbonyl (C=O) groups is 1. The second kappa shape index (κ2) is 14.3. The lowest BCUT2D eigenvalue weighted by atomic mass is 9.94. The number of aliphatic hydroxyl groups is 1. The lowest BCUT2D eigenvalue weighted by Gasteiger charge is -2.33. The number of sulfonamides is 1. The third-order valence-electron chi connectivity index (χ3n) is 9.22. The van der Waals surface area contributed by atoms with Crippen LogP contribution in [0.2, 0.25) is 10.0 Å². The van der Waals surface area contributed by atoms with Crippen molar-refractivity contribution in [1.82, 2.24) is 29.3 Å². The summed E-state index contributed by atoms with van der Waals surface area (Å²) in [7, 11) is -4.14.